The van der Waals surface area contributed by atoms with Gasteiger partial charge in [0.2, 0.25) is 0 Å². The van der Waals surface area contributed by atoms with Gasteiger partial charge < -0.3 is 15.2 Å². The second kappa shape index (κ2) is 2.71. The molecular weight excluding hydrogens is 118 g/mol. The molecule has 0 bridgehead atoms. The maximum absolute atomic E-state index is 9.95. The number of carbonyl (C=O) groups is 1. The summed E-state index contributed by atoms with van der Waals surface area (Å²) in [5.74, 6) is 0. The van der Waals surface area contributed by atoms with Gasteiger partial charge in [-0.25, -0.2) is 0 Å². The van der Waals surface area contributed by atoms with E-state index >= 15 is 0 Å². The van der Waals surface area contributed by atoms with Gasteiger partial charge in [0.1, 0.15) is 6.09 Å². The average Bonchev–Trinajstić information content (AvgIpc) is 1.63. The van der Waals surface area contributed by atoms with Gasteiger partial charge in [-0.05, 0) is 20.3 Å². The Bertz CT molecular complexity index is 110. The van der Waals surface area contributed by atoms with Gasteiger partial charge in [0.25, 0.3) is 0 Å². The van der Waals surface area contributed by atoms with Crippen molar-refractivity contribution in [3.05, 3.63) is 0 Å². The fraction of sp³-hybridized carbons (Fsp3) is 0.833. The molecule has 0 aromatic heterocycles. The van der Waals surface area contributed by atoms with Gasteiger partial charge >= 0.3 is 0 Å². The maximum Gasteiger partial charge on any atom is 0.134 e. The van der Waals surface area contributed by atoms with Crippen molar-refractivity contribution in [3.63, 3.8) is 0 Å². The predicted octanol–water partition coefficient (Wildman–Crippen LogP) is 0.108. The summed E-state index contributed by atoms with van der Waals surface area (Å²) in [5.41, 5.74) is -0.348. The van der Waals surface area contributed by atoms with Crippen LogP contribution in [0.2, 0.25) is 0 Å². The summed E-state index contributed by atoms with van der Waals surface area (Å²) in [7, 11) is 0. The highest BCUT2D eigenvalue weighted by Crippen LogP contribution is 2.04. The lowest BCUT2D eigenvalue weighted by atomic mass is 10.0. The lowest BCUT2D eigenvalue weighted by Gasteiger charge is -2.25. The Labute approximate surface area is 55.1 Å². The highest BCUT2D eigenvalue weighted by molar-refractivity contribution is 5.62. The fourth-order valence-electron chi connectivity index (χ4n) is 0.365. The van der Waals surface area contributed by atoms with Crippen LogP contribution >= 0.6 is 0 Å². The molecule has 0 unspecified atom stereocenters. The Morgan fingerprint density at radius 2 is 2.11 bits per heavy atom. The Morgan fingerprint density at radius 3 is 2.22 bits per heavy atom. The molecule has 1 N–H and O–H groups in total. The second-order valence-corrected chi connectivity index (χ2v) is 2.65. The summed E-state index contributed by atoms with van der Waals surface area (Å²) >= 11 is 0. The van der Waals surface area contributed by atoms with Crippen LogP contribution in [-0.4, -0.2) is 11.6 Å². The molecule has 0 atom stereocenters. The molecule has 0 saturated carbocycles. The molecule has 3 heteroatoms. The Kier molecular flexibility index (Phi) is 2.49. The van der Waals surface area contributed by atoms with Gasteiger partial charge in [0.05, 0.1) is 0 Å². The van der Waals surface area contributed by atoms with E-state index in [0.717, 1.165) is 6.42 Å². The molecule has 0 saturated heterocycles. The summed E-state index contributed by atoms with van der Waals surface area (Å²) in [5, 5.41) is 12.2. The van der Waals surface area contributed by atoms with E-state index in [9.17, 15) is 9.90 Å². The number of carbonyl (C=O) groups excluding carboxylic acids is 1. The smallest absolute Gasteiger partial charge is 0.134 e. The third-order valence-electron chi connectivity index (χ3n) is 1.32. The first-order chi connectivity index (χ1) is 3.98. The van der Waals surface area contributed by atoms with Crippen LogP contribution in [0.5, 0.6) is 0 Å². The minimum Gasteiger partial charge on any atom is -0.530 e. The first-order valence-electron chi connectivity index (χ1n) is 2.97. The molecule has 0 fully saturated rings. The Hall–Kier alpha value is -0.730. The van der Waals surface area contributed by atoms with Crippen molar-refractivity contribution in [1.29, 1.82) is 0 Å². The van der Waals surface area contributed by atoms with Crippen molar-refractivity contribution in [2.45, 2.75) is 32.7 Å². The van der Waals surface area contributed by atoms with Gasteiger partial charge in [-0.2, -0.15) is 0 Å². The van der Waals surface area contributed by atoms with Crippen molar-refractivity contribution in [1.82, 2.24) is 5.32 Å². The molecule has 0 radical (unpaired) electrons. The average molecular weight is 130 g/mol. The van der Waals surface area contributed by atoms with Crippen LogP contribution in [0.1, 0.15) is 27.2 Å². The minimum absolute atomic E-state index is 0.348. The summed E-state index contributed by atoms with van der Waals surface area (Å²) in [6.45, 7) is 5.53. The standard InChI is InChI=1S/C6H13NO2/c1-4-6(2,3)7-5(8)9/h7H,4H2,1-3H3,(H,8,9)/p-1. The van der Waals surface area contributed by atoms with E-state index in [0.29, 0.717) is 0 Å². The van der Waals surface area contributed by atoms with Crippen LogP contribution in [0.3, 0.4) is 0 Å². The lowest BCUT2D eigenvalue weighted by molar-refractivity contribution is -0.252. The monoisotopic (exact) mass is 130 g/mol. The first kappa shape index (κ1) is 8.27. The lowest BCUT2D eigenvalue weighted by Crippen LogP contribution is -2.49. The highest BCUT2D eigenvalue weighted by atomic mass is 16.4. The highest BCUT2D eigenvalue weighted by Gasteiger charge is 2.12. The van der Waals surface area contributed by atoms with E-state index in [1.165, 1.54) is 0 Å². The molecule has 0 aliphatic carbocycles. The van der Waals surface area contributed by atoms with Crippen LogP contribution in [0.15, 0.2) is 0 Å². The van der Waals surface area contributed by atoms with E-state index < -0.39 is 6.09 Å². The van der Waals surface area contributed by atoms with Crippen molar-refractivity contribution < 1.29 is 9.90 Å². The van der Waals surface area contributed by atoms with Crippen molar-refractivity contribution in [2.24, 2.45) is 0 Å². The molecule has 0 aromatic rings. The normalized spacial score (nSPS) is 11.0. The van der Waals surface area contributed by atoms with E-state index in [4.69, 9.17) is 0 Å². The quantitative estimate of drug-likeness (QED) is 0.576. The number of nitrogens with one attached hydrogen (secondary N) is 1. The largest absolute Gasteiger partial charge is 0.530 e. The van der Waals surface area contributed by atoms with Crippen molar-refractivity contribution >= 4 is 6.09 Å². The van der Waals surface area contributed by atoms with Crippen LogP contribution in [0.4, 0.5) is 4.79 Å². The first-order valence-corrected chi connectivity index (χ1v) is 2.97. The SMILES string of the molecule is CCC(C)(C)NC(=O)[O-]. The van der Waals surface area contributed by atoms with Crippen LogP contribution in [0, 0.1) is 0 Å². The maximum atomic E-state index is 9.95. The van der Waals surface area contributed by atoms with E-state index in [2.05, 4.69) is 5.32 Å². The zero-order valence-electron chi connectivity index (χ0n) is 6.02. The summed E-state index contributed by atoms with van der Waals surface area (Å²) < 4.78 is 0. The summed E-state index contributed by atoms with van der Waals surface area (Å²) in [6, 6.07) is 0. The molecular formula is C6H12NO2-. The topological polar surface area (TPSA) is 52.2 Å². The van der Waals surface area contributed by atoms with Crippen LogP contribution in [0.25, 0.3) is 0 Å². The zero-order valence-corrected chi connectivity index (χ0v) is 6.02. The predicted molar refractivity (Wildman–Crippen MR) is 32.9 cm³/mol. The number of hydrogen-bond donors (Lipinski definition) is 1. The fourth-order valence-corrected chi connectivity index (χ4v) is 0.365. The van der Waals surface area contributed by atoms with Crippen molar-refractivity contribution in [2.75, 3.05) is 0 Å². The summed E-state index contributed by atoms with van der Waals surface area (Å²) in [6.07, 6.45) is -0.442. The molecule has 0 aliphatic heterocycles. The van der Waals surface area contributed by atoms with Crippen molar-refractivity contribution in [3.8, 4) is 0 Å². The third-order valence-corrected chi connectivity index (χ3v) is 1.32. The molecule has 0 aromatic carbocycles. The van der Waals surface area contributed by atoms with Gasteiger partial charge in [-0.15, -0.1) is 0 Å². The molecule has 0 heterocycles. The zero-order chi connectivity index (χ0) is 7.49. The van der Waals surface area contributed by atoms with Crippen LogP contribution in [-0.2, 0) is 0 Å². The molecule has 0 spiro atoms. The van der Waals surface area contributed by atoms with E-state index in [1.54, 1.807) is 0 Å². The minimum atomic E-state index is -1.21. The Balaban J connectivity index is 3.71. The third kappa shape index (κ3) is 3.82. The molecule has 1 amide bonds. The molecule has 9 heavy (non-hydrogen) atoms. The van der Waals surface area contributed by atoms with Gasteiger partial charge in [-0.1, -0.05) is 6.92 Å². The number of rotatable bonds is 2. The number of carboxylic acid groups (broad SMARTS) is 1. The van der Waals surface area contributed by atoms with Crippen LogP contribution < -0.4 is 10.4 Å². The summed E-state index contributed by atoms with van der Waals surface area (Å²) in [4.78, 5) is 9.95. The van der Waals surface area contributed by atoms with E-state index in [-0.39, 0.29) is 5.54 Å². The molecule has 0 rings (SSSR count). The number of hydrogen-bond acceptors (Lipinski definition) is 2. The number of amides is 1. The van der Waals surface area contributed by atoms with Gasteiger partial charge in [0.15, 0.2) is 0 Å². The second-order valence-electron chi connectivity index (χ2n) is 2.65. The molecule has 0 aliphatic rings. The van der Waals surface area contributed by atoms with Gasteiger partial charge in [-0.3, -0.25) is 0 Å². The Morgan fingerprint density at radius 1 is 1.67 bits per heavy atom. The molecule has 54 valence electrons. The van der Waals surface area contributed by atoms with E-state index in [1.807, 2.05) is 20.8 Å². The molecule has 3 nitrogen and oxygen atoms in total. The van der Waals surface area contributed by atoms with Gasteiger partial charge in [0, 0.05) is 5.54 Å².